The minimum absolute atomic E-state index is 0.0706. The second-order valence-corrected chi connectivity index (χ2v) is 6.10. The molecule has 1 aromatic rings. The summed E-state index contributed by atoms with van der Waals surface area (Å²) < 4.78 is 5.38. The Morgan fingerprint density at radius 1 is 1.30 bits per heavy atom. The highest BCUT2D eigenvalue weighted by molar-refractivity contribution is 5.69. The van der Waals surface area contributed by atoms with Crippen molar-refractivity contribution in [2.45, 2.75) is 38.3 Å². The summed E-state index contributed by atoms with van der Waals surface area (Å²) in [5, 5.41) is 0. The molecule has 0 radical (unpaired) electrons. The van der Waals surface area contributed by atoms with Crippen molar-refractivity contribution in [3.05, 3.63) is 47.3 Å². The number of carbonyl (C=O) groups excluding carboxylic acids is 1. The molecule has 4 heteroatoms. The molecule has 0 N–H and O–H groups in total. The summed E-state index contributed by atoms with van der Waals surface area (Å²) in [7, 11) is 0. The van der Waals surface area contributed by atoms with Crippen LogP contribution in [0.4, 0.5) is 4.79 Å². The number of amides is 1. The molecule has 1 saturated heterocycles. The van der Waals surface area contributed by atoms with Crippen LogP contribution >= 0.6 is 0 Å². The number of benzene rings is 1. The lowest BCUT2D eigenvalue weighted by atomic mass is 9.95. The number of carbonyl (C=O) groups is 1. The van der Waals surface area contributed by atoms with Gasteiger partial charge in [0.25, 0.3) is 0 Å². The summed E-state index contributed by atoms with van der Waals surface area (Å²) in [5.41, 5.74) is 0.606. The molecule has 2 atom stereocenters. The molecule has 1 aliphatic rings. The van der Waals surface area contributed by atoms with Crippen LogP contribution in [0, 0.1) is 6.57 Å². The molecule has 0 unspecified atom stereocenters. The van der Waals surface area contributed by atoms with Crippen LogP contribution in [-0.4, -0.2) is 35.7 Å². The molecule has 2 rings (SSSR count). The average molecular weight is 272 g/mol. The van der Waals surface area contributed by atoms with Crippen molar-refractivity contribution in [1.29, 1.82) is 0 Å². The molecule has 1 amide bonds. The summed E-state index contributed by atoms with van der Waals surface area (Å²) in [6.45, 7) is 13.9. The minimum atomic E-state index is -0.504. The lowest BCUT2D eigenvalue weighted by molar-refractivity contribution is 0.0292. The fraction of sp³-hybridized carbons (Fsp3) is 0.500. The smallest absolute Gasteiger partial charge is 0.410 e. The van der Waals surface area contributed by atoms with E-state index in [1.54, 1.807) is 4.90 Å². The monoisotopic (exact) mass is 272 g/mol. The number of likely N-dealkylation sites (tertiary alicyclic amines) is 1. The third-order valence-corrected chi connectivity index (χ3v) is 3.33. The van der Waals surface area contributed by atoms with Gasteiger partial charge in [-0.05, 0) is 26.3 Å². The lowest BCUT2D eigenvalue weighted by Crippen LogP contribution is -2.35. The van der Waals surface area contributed by atoms with Gasteiger partial charge in [-0.15, -0.1) is 0 Å². The van der Waals surface area contributed by atoms with Crippen molar-refractivity contribution in [2.75, 3.05) is 13.1 Å². The van der Waals surface area contributed by atoms with Gasteiger partial charge in [0.05, 0.1) is 12.5 Å². The first-order chi connectivity index (χ1) is 9.40. The first-order valence-corrected chi connectivity index (χ1v) is 6.80. The molecule has 106 valence electrons. The maximum absolute atomic E-state index is 12.1. The molecular formula is C16H20N2O2. The Balaban J connectivity index is 2.11. The van der Waals surface area contributed by atoms with Crippen LogP contribution in [0.25, 0.3) is 4.85 Å². The molecule has 0 aliphatic carbocycles. The predicted octanol–water partition coefficient (Wildman–Crippen LogP) is 3.31. The van der Waals surface area contributed by atoms with Gasteiger partial charge in [0, 0.05) is 6.54 Å². The number of rotatable bonds is 1. The summed E-state index contributed by atoms with van der Waals surface area (Å²) in [5.74, 6) is 0.0706. The van der Waals surface area contributed by atoms with E-state index in [0.717, 1.165) is 5.56 Å². The molecular weight excluding hydrogens is 252 g/mol. The zero-order valence-electron chi connectivity index (χ0n) is 12.2. The van der Waals surface area contributed by atoms with E-state index in [9.17, 15) is 4.79 Å². The van der Waals surface area contributed by atoms with Crippen molar-refractivity contribution >= 4 is 6.09 Å². The largest absolute Gasteiger partial charge is 0.444 e. The Hall–Kier alpha value is -2.02. The van der Waals surface area contributed by atoms with Crippen LogP contribution in [-0.2, 0) is 4.74 Å². The van der Waals surface area contributed by atoms with Gasteiger partial charge in [-0.2, -0.15) is 0 Å². The van der Waals surface area contributed by atoms with E-state index in [1.165, 1.54) is 0 Å². The highest BCUT2D eigenvalue weighted by Crippen LogP contribution is 2.30. The normalized spacial score (nSPS) is 22.4. The number of ether oxygens (including phenoxy) is 1. The molecule has 20 heavy (non-hydrogen) atoms. The van der Waals surface area contributed by atoms with Gasteiger partial charge in [-0.1, -0.05) is 30.3 Å². The lowest BCUT2D eigenvalue weighted by Gasteiger charge is -2.23. The molecule has 0 saturated carbocycles. The quantitative estimate of drug-likeness (QED) is 0.735. The van der Waals surface area contributed by atoms with Gasteiger partial charge >= 0.3 is 6.09 Å². The van der Waals surface area contributed by atoms with Crippen molar-refractivity contribution in [3.8, 4) is 0 Å². The fourth-order valence-corrected chi connectivity index (χ4v) is 2.42. The van der Waals surface area contributed by atoms with Gasteiger partial charge in [0.2, 0.25) is 6.04 Å². The van der Waals surface area contributed by atoms with E-state index >= 15 is 0 Å². The zero-order valence-corrected chi connectivity index (χ0v) is 12.2. The van der Waals surface area contributed by atoms with E-state index in [1.807, 2.05) is 51.1 Å². The summed E-state index contributed by atoms with van der Waals surface area (Å²) in [6.07, 6.45) is -0.329. The van der Waals surface area contributed by atoms with E-state index in [-0.39, 0.29) is 18.1 Å². The van der Waals surface area contributed by atoms with E-state index in [0.29, 0.717) is 13.1 Å². The highest BCUT2D eigenvalue weighted by Gasteiger charge is 2.41. The van der Waals surface area contributed by atoms with Crippen molar-refractivity contribution < 1.29 is 9.53 Å². The second-order valence-electron chi connectivity index (χ2n) is 6.10. The predicted molar refractivity (Wildman–Crippen MR) is 77.4 cm³/mol. The third kappa shape index (κ3) is 3.30. The van der Waals surface area contributed by atoms with Crippen LogP contribution < -0.4 is 0 Å². The van der Waals surface area contributed by atoms with Crippen LogP contribution in [0.15, 0.2) is 30.3 Å². The van der Waals surface area contributed by atoms with Gasteiger partial charge in [0.1, 0.15) is 5.60 Å². The zero-order chi connectivity index (χ0) is 14.8. The fourth-order valence-electron chi connectivity index (χ4n) is 2.42. The van der Waals surface area contributed by atoms with E-state index in [4.69, 9.17) is 11.3 Å². The third-order valence-electron chi connectivity index (χ3n) is 3.33. The molecule has 0 aromatic heterocycles. The van der Waals surface area contributed by atoms with Crippen molar-refractivity contribution in [3.63, 3.8) is 0 Å². The van der Waals surface area contributed by atoms with E-state index in [2.05, 4.69) is 4.85 Å². The molecule has 0 bridgehead atoms. The Bertz CT molecular complexity index is 514. The van der Waals surface area contributed by atoms with Gasteiger partial charge in [-0.25, -0.2) is 11.4 Å². The van der Waals surface area contributed by atoms with E-state index < -0.39 is 5.60 Å². The van der Waals surface area contributed by atoms with Crippen LogP contribution in [0.2, 0.25) is 0 Å². The number of hydrogen-bond acceptors (Lipinski definition) is 2. The molecule has 0 spiro atoms. The van der Waals surface area contributed by atoms with Crippen molar-refractivity contribution in [2.24, 2.45) is 0 Å². The number of hydrogen-bond donors (Lipinski definition) is 0. The number of nitrogens with zero attached hydrogens (tertiary/aromatic N) is 2. The van der Waals surface area contributed by atoms with Crippen LogP contribution in [0.5, 0.6) is 0 Å². The first kappa shape index (κ1) is 14.4. The first-order valence-electron chi connectivity index (χ1n) is 6.80. The molecule has 1 aliphatic heterocycles. The summed E-state index contributed by atoms with van der Waals surface area (Å²) >= 11 is 0. The maximum atomic E-state index is 12.1. The summed E-state index contributed by atoms with van der Waals surface area (Å²) in [6, 6.07) is 9.73. The van der Waals surface area contributed by atoms with Crippen LogP contribution in [0.3, 0.4) is 0 Å². The van der Waals surface area contributed by atoms with Gasteiger partial charge in [-0.3, -0.25) is 4.90 Å². The van der Waals surface area contributed by atoms with Crippen LogP contribution in [0.1, 0.15) is 32.3 Å². The summed E-state index contributed by atoms with van der Waals surface area (Å²) in [4.78, 5) is 17.4. The average Bonchev–Trinajstić information content (AvgIpc) is 2.82. The van der Waals surface area contributed by atoms with Gasteiger partial charge < -0.3 is 9.58 Å². The highest BCUT2D eigenvalue weighted by atomic mass is 16.6. The van der Waals surface area contributed by atoms with Crippen molar-refractivity contribution in [1.82, 2.24) is 4.90 Å². The Kier molecular flexibility index (Phi) is 3.99. The standard InChI is InChI=1S/C16H20N2O2/c1-16(2,3)20-15(19)18-10-13(14(11-18)17-4)12-8-6-5-7-9-12/h5-9,13-14H,10-11H2,1-3H3/t13-,14+/m0/s1. The molecule has 4 nitrogen and oxygen atoms in total. The second kappa shape index (κ2) is 5.54. The molecule has 1 aromatic carbocycles. The SMILES string of the molecule is [C-]#[N+][C@@H]1CN(C(=O)OC(C)(C)C)C[C@H]1c1ccccc1. The minimum Gasteiger partial charge on any atom is -0.444 e. The Morgan fingerprint density at radius 3 is 2.50 bits per heavy atom. The molecule has 1 fully saturated rings. The Morgan fingerprint density at radius 2 is 1.95 bits per heavy atom. The maximum Gasteiger partial charge on any atom is 0.410 e. The van der Waals surface area contributed by atoms with Gasteiger partial charge in [0.15, 0.2) is 0 Å². The molecule has 1 heterocycles. The Labute approximate surface area is 120 Å². The topological polar surface area (TPSA) is 33.9 Å².